The van der Waals surface area contributed by atoms with Crippen molar-refractivity contribution in [3.8, 4) is 0 Å². The molecule has 24 heavy (non-hydrogen) atoms. The Morgan fingerprint density at radius 3 is 1.54 bits per heavy atom. The van der Waals surface area contributed by atoms with E-state index in [0.717, 1.165) is 11.1 Å². The van der Waals surface area contributed by atoms with Gasteiger partial charge in [-0.25, -0.2) is 0 Å². The Bertz CT molecular complexity index is 622. The number of ether oxygens (including phenoxy) is 2. The van der Waals surface area contributed by atoms with Crippen LogP contribution in [0.2, 0.25) is 0 Å². The van der Waals surface area contributed by atoms with Gasteiger partial charge in [0.05, 0.1) is 19.6 Å². The predicted molar refractivity (Wildman–Crippen MR) is 89.3 cm³/mol. The largest absolute Gasteiger partial charge is 0.366 e. The van der Waals surface area contributed by atoms with Gasteiger partial charge in [0.1, 0.15) is 12.2 Å². The molecule has 4 heteroatoms. The lowest BCUT2D eigenvalue weighted by Crippen LogP contribution is -2.42. The average molecular weight is 324 g/mol. The summed E-state index contributed by atoms with van der Waals surface area (Å²) in [5, 5.41) is 0. The zero-order valence-corrected chi connectivity index (χ0v) is 13.4. The maximum atomic E-state index is 12.0. The van der Waals surface area contributed by atoms with Crippen LogP contribution in [0.5, 0.6) is 0 Å². The van der Waals surface area contributed by atoms with E-state index >= 15 is 0 Å². The quantitative estimate of drug-likeness (QED) is 0.766. The molecule has 0 heterocycles. The molecule has 0 spiro atoms. The fourth-order valence-electron chi connectivity index (χ4n) is 2.72. The second-order valence-electron chi connectivity index (χ2n) is 5.92. The first kappa shape index (κ1) is 16.6. The van der Waals surface area contributed by atoms with Gasteiger partial charge < -0.3 is 9.47 Å². The lowest BCUT2D eigenvalue weighted by molar-refractivity contribution is -0.151. The van der Waals surface area contributed by atoms with Gasteiger partial charge >= 0.3 is 0 Å². The van der Waals surface area contributed by atoms with Crippen LogP contribution in [-0.2, 0) is 32.3 Å². The zero-order valence-electron chi connectivity index (χ0n) is 13.4. The number of carbonyl (C=O) groups excluding carboxylic acids is 2. The molecule has 0 bridgehead atoms. The molecule has 2 aromatic rings. The molecule has 0 saturated heterocycles. The highest BCUT2D eigenvalue weighted by Gasteiger charge is 2.36. The van der Waals surface area contributed by atoms with Gasteiger partial charge in [0.25, 0.3) is 0 Å². The third kappa shape index (κ3) is 4.37. The van der Waals surface area contributed by atoms with Gasteiger partial charge in [0, 0.05) is 6.42 Å². The first-order valence-electron chi connectivity index (χ1n) is 8.09. The summed E-state index contributed by atoms with van der Waals surface area (Å²) in [5.74, 6) is -0.314. The summed E-state index contributed by atoms with van der Waals surface area (Å²) < 4.78 is 11.5. The lowest BCUT2D eigenvalue weighted by Gasteiger charge is -2.27. The molecule has 124 valence electrons. The molecule has 0 aliphatic heterocycles. The molecule has 2 atom stereocenters. The van der Waals surface area contributed by atoms with Gasteiger partial charge in [0.2, 0.25) is 0 Å². The normalized spacial score (nSPS) is 21.0. The van der Waals surface area contributed by atoms with E-state index in [1.807, 2.05) is 60.7 Å². The third-order valence-corrected chi connectivity index (χ3v) is 4.08. The van der Waals surface area contributed by atoms with Crippen molar-refractivity contribution in [2.75, 3.05) is 0 Å². The summed E-state index contributed by atoms with van der Waals surface area (Å²) in [5.41, 5.74) is 2.01. The maximum Gasteiger partial charge on any atom is 0.169 e. The molecule has 2 unspecified atom stereocenters. The van der Waals surface area contributed by atoms with Crippen molar-refractivity contribution < 1.29 is 19.1 Å². The fraction of sp³-hybridized carbons (Fsp3) is 0.300. The number of rotatable bonds is 6. The van der Waals surface area contributed by atoms with Gasteiger partial charge in [-0.2, -0.15) is 0 Å². The highest BCUT2D eigenvalue weighted by Crippen LogP contribution is 2.21. The Hall–Kier alpha value is -2.30. The summed E-state index contributed by atoms with van der Waals surface area (Å²) in [6, 6.07) is 19.4. The third-order valence-electron chi connectivity index (χ3n) is 4.08. The minimum absolute atomic E-state index is 0.112. The Kier molecular flexibility index (Phi) is 5.51. The fourth-order valence-corrected chi connectivity index (χ4v) is 2.72. The smallest absolute Gasteiger partial charge is 0.169 e. The molecule has 2 aromatic carbocycles. The van der Waals surface area contributed by atoms with Gasteiger partial charge in [-0.3, -0.25) is 9.59 Å². The van der Waals surface area contributed by atoms with Crippen molar-refractivity contribution in [1.82, 2.24) is 0 Å². The SMILES string of the molecule is O=C1CC(=O)C(OCc2ccccc2)CC1OCc1ccccc1. The topological polar surface area (TPSA) is 52.6 Å². The lowest BCUT2D eigenvalue weighted by atomic mass is 9.92. The molecule has 1 aliphatic rings. The van der Waals surface area contributed by atoms with Crippen LogP contribution in [0.1, 0.15) is 24.0 Å². The van der Waals surface area contributed by atoms with Crippen LogP contribution >= 0.6 is 0 Å². The molecule has 1 saturated carbocycles. The first-order chi connectivity index (χ1) is 11.7. The van der Waals surface area contributed by atoms with Gasteiger partial charge in [-0.15, -0.1) is 0 Å². The van der Waals surface area contributed by atoms with Gasteiger partial charge in [0.15, 0.2) is 11.6 Å². The molecule has 1 aliphatic carbocycles. The molecular formula is C20H20O4. The number of benzene rings is 2. The van der Waals surface area contributed by atoms with Gasteiger partial charge in [-0.05, 0) is 11.1 Å². The van der Waals surface area contributed by atoms with E-state index in [1.54, 1.807) is 0 Å². The standard InChI is InChI=1S/C20H20O4/c21-17-11-18(22)20(24-14-16-9-5-2-6-10-16)12-19(17)23-13-15-7-3-1-4-8-15/h1-10,19-20H,11-14H2. The Morgan fingerprint density at radius 2 is 1.12 bits per heavy atom. The molecule has 0 radical (unpaired) electrons. The molecule has 3 rings (SSSR count). The Labute approximate surface area is 141 Å². The second-order valence-corrected chi connectivity index (χ2v) is 5.92. The predicted octanol–water partition coefficient (Wildman–Crippen LogP) is 3.09. The minimum Gasteiger partial charge on any atom is -0.366 e. The molecule has 4 nitrogen and oxygen atoms in total. The van der Waals surface area contributed by atoms with E-state index in [-0.39, 0.29) is 24.4 Å². The Morgan fingerprint density at radius 1 is 0.708 bits per heavy atom. The monoisotopic (exact) mass is 324 g/mol. The van der Waals surface area contributed by atoms with E-state index in [0.29, 0.717) is 13.2 Å². The van der Waals surface area contributed by atoms with Crippen LogP contribution in [0.4, 0.5) is 0 Å². The number of Topliss-reactive ketones (excluding diaryl/α,β-unsaturated/α-hetero) is 2. The van der Waals surface area contributed by atoms with E-state index in [1.165, 1.54) is 0 Å². The van der Waals surface area contributed by atoms with E-state index in [9.17, 15) is 9.59 Å². The summed E-state index contributed by atoms with van der Waals surface area (Å²) in [6.07, 6.45) is -0.983. The second kappa shape index (κ2) is 7.99. The molecular weight excluding hydrogens is 304 g/mol. The molecule has 0 aromatic heterocycles. The van der Waals surface area contributed by atoms with E-state index < -0.39 is 12.2 Å². The van der Waals surface area contributed by atoms with Crippen LogP contribution in [0.3, 0.4) is 0 Å². The molecule has 0 N–H and O–H groups in total. The van der Waals surface area contributed by atoms with Crippen molar-refractivity contribution in [1.29, 1.82) is 0 Å². The summed E-state index contributed by atoms with van der Waals surface area (Å²) >= 11 is 0. The number of hydrogen-bond donors (Lipinski definition) is 0. The van der Waals surface area contributed by atoms with E-state index in [2.05, 4.69) is 0 Å². The molecule has 0 amide bonds. The highest BCUT2D eigenvalue weighted by molar-refractivity contribution is 6.05. The van der Waals surface area contributed by atoms with Crippen molar-refractivity contribution >= 4 is 11.6 Å². The van der Waals surface area contributed by atoms with Gasteiger partial charge in [-0.1, -0.05) is 60.7 Å². The van der Waals surface area contributed by atoms with Crippen molar-refractivity contribution in [3.05, 3.63) is 71.8 Å². The first-order valence-corrected chi connectivity index (χ1v) is 8.09. The molecule has 1 fully saturated rings. The minimum atomic E-state index is -0.580. The number of ketones is 2. The van der Waals surface area contributed by atoms with Crippen LogP contribution in [0.25, 0.3) is 0 Å². The van der Waals surface area contributed by atoms with Crippen molar-refractivity contribution in [2.24, 2.45) is 0 Å². The van der Waals surface area contributed by atoms with E-state index in [4.69, 9.17) is 9.47 Å². The summed E-state index contributed by atoms with van der Waals surface area (Å²) in [6.45, 7) is 0.716. The van der Waals surface area contributed by atoms with Crippen LogP contribution < -0.4 is 0 Å². The highest BCUT2D eigenvalue weighted by atomic mass is 16.5. The number of carbonyl (C=O) groups is 2. The maximum absolute atomic E-state index is 12.0. The van der Waals surface area contributed by atoms with Crippen molar-refractivity contribution in [3.63, 3.8) is 0 Å². The summed E-state index contributed by atoms with van der Waals surface area (Å²) in [4.78, 5) is 24.1. The van der Waals surface area contributed by atoms with Crippen LogP contribution in [0.15, 0.2) is 60.7 Å². The van der Waals surface area contributed by atoms with Crippen molar-refractivity contribution in [2.45, 2.75) is 38.3 Å². The van der Waals surface area contributed by atoms with Crippen LogP contribution in [-0.4, -0.2) is 23.8 Å². The number of hydrogen-bond acceptors (Lipinski definition) is 4. The van der Waals surface area contributed by atoms with Crippen LogP contribution in [0, 0.1) is 0 Å². The Balaban J connectivity index is 1.55. The summed E-state index contributed by atoms with van der Waals surface area (Å²) in [7, 11) is 0. The zero-order chi connectivity index (χ0) is 16.8. The average Bonchev–Trinajstić information content (AvgIpc) is 2.62.